The number of amides is 2. The summed E-state index contributed by atoms with van der Waals surface area (Å²) in [6.07, 6.45) is 0. The number of ether oxygens (including phenoxy) is 3. The Morgan fingerprint density at radius 3 is 2.48 bits per heavy atom. The molecule has 7 heteroatoms. The molecule has 0 atom stereocenters. The van der Waals surface area contributed by atoms with E-state index in [1.165, 1.54) is 6.07 Å². The van der Waals surface area contributed by atoms with E-state index in [9.17, 15) is 9.18 Å². The summed E-state index contributed by atoms with van der Waals surface area (Å²) in [6, 6.07) is 9.77. The van der Waals surface area contributed by atoms with Crippen molar-refractivity contribution >= 4 is 6.03 Å². The third-order valence-electron chi connectivity index (χ3n) is 3.64. The minimum Gasteiger partial charge on any atom is -0.491 e. The van der Waals surface area contributed by atoms with Crippen molar-refractivity contribution in [2.24, 2.45) is 0 Å². The van der Waals surface area contributed by atoms with E-state index in [0.29, 0.717) is 30.2 Å². The summed E-state index contributed by atoms with van der Waals surface area (Å²) >= 11 is 0. The molecule has 2 aromatic rings. The molecule has 2 aromatic carbocycles. The minimum absolute atomic E-state index is 0.207. The van der Waals surface area contributed by atoms with Crippen molar-refractivity contribution in [1.82, 2.24) is 10.6 Å². The molecule has 0 fully saturated rings. The van der Waals surface area contributed by atoms with Gasteiger partial charge in [0.15, 0.2) is 23.1 Å². The van der Waals surface area contributed by atoms with Gasteiger partial charge in [-0.25, -0.2) is 9.18 Å². The Kier molecular flexibility index (Phi) is 5.23. The molecule has 0 radical (unpaired) electrons. The second-order valence-electron chi connectivity index (χ2n) is 5.42. The van der Waals surface area contributed by atoms with Crippen LogP contribution in [0.2, 0.25) is 0 Å². The van der Waals surface area contributed by atoms with Gasteiger partial charge < -0.3 is 24.8 Å². The Labute approximate surface area is 144 Å². The van der Waals surface area contributed by atoms with Crippen LogP contribution in [0.5, 0.6) is 17.2 Å². The number of urea groups is 1. The number of carbonyl (C=O) groups excluding carboxylic acids is 1. The van der Waals surface area contributed by atoms with Gasteiger partial charge in [0.2, 0.25) is 6.79 Å². The summed E-state index contributed by atoms with van der Waals surface area (Å²) in [7, 11) is 0. The van der Waals surface area contributed by atoms with Crippen molar-refractivity contribution in [2.45, 2.75) is 20.0 Å². The fourth-order valence-electron chi connectivity index (χ4n) is 2.40. The molecule has 1 aliphatic heterocycles. The maximum absolute atomic E-state index is 13.8. The molecule has 1 heterocycles. The molecule has 0 bridgehead atoms. The Balaban J connectivity index is 1.47. The lowest BCUT2D eigenvalue weighted by Gasteiger charge is -2.10. The standard InChI is InChI=1S/C18H19FN2O4/c1-2-23-15-5-3-12(7-14(15)19)9-20-18(22)21-10-13-4-6-16-17(8-13)25-11-24-16/h3-8H,2,9-11H2,1H3,(H2,20,21,22). The van der Waals surface area contributed by atoms with E-state index in [1.807, 2.05) is 12.1 Å². The minimum atomic E-state index is -0.443. The van der Waals surface area contributed by atoms with Crippen molar-refractivity contribution in [3.63, 3.8) is 0 Å². The number of fused-ring (bicyclic) bond motifs is 1. The third kappa shape index (κ3) is 4.32. The molecule has 0 saturated heterocycles. The SMILES string of the molecule is CCOc1ccc(CNC(=O)NCc2ccc3c(c2)OCO3)cc1F. The van der Waals surface area contributed by atoms with E-state index in [2.05, 4.69) is 10.6 Å². The van der Waals surface area contributed by atoms with Crippen molar-refractivity contribution in [1.29, 1.82) is 0 Å². The van der Waals surface area contributed by atoms with Gasteiger partial charge in [0.05, 0.1) is 6.61 Å². The summed E-state index contributed by atoms with van der Waals surface area (Å²) in [5, 5.41) is 5.43. The Morgan fingerprint density at radius 2 is 1.76 bits per heavy atom. The lowest BCUT2D eigenvalue weighted by atomic mass is 10.2. The normalized spacial score (nSPS) is 11.9. The van der Waals surface area contributed by atoms with Crippen LogP contribution in [0.1, 0.15) is 18.1 Å². The molecular formula is C18H19FN2O4. The van der Waals surface area contributed by atoms with Gasteiger partial charge in [-0.2, -0.15) is 0 Å². The molecule has 6 nitrogen and oxygen atoms in total. The van der Waals surface area contributed by atoms with Crippen LogP contribution in [0.4, 0.5) is 9.18 Å². The Bertz CT molecular complexity index is 767. The first-order chi connectivity index (χ1) is 12.2. The highest BCUT2D eigenvalue weighted by Gasteiger charge is 2.13. The number of benzene rings is 2. The van der Waals surface area contributed by atoms with E-state index in [-0.39, 0.29) is 25.1 Å². The predicted molar refractivity (Wildman–Crippen MR) is 89.2 cm³/mol. The van der Waals surface area contributed by atoms with Crippen LogP contribution in [0.15, 0.2) is 36.4 Å². The van der Waals surface area contributed by atoms with Crippen LogP contribution in [-0.4, -0.2) is 19.4 Å². The molecule has 1 aliphatic rings. The van der Waals surface area contributed by atoms with Crippen LogP contribution >= 0.6 is 0 Å². The second kappa shape index (κ2) is 7.74. The molecule has 0 unspecified atom stereocenters. The van der Waals surface area contributed by atoms with Crippen molar-refractivity contribution in [2.75, 3.05) is 13.4 Å². The number of halogens is 1. The van der Waals surface area contributed by atoms with E-state index in [1.54, 1.807) is 25.1 Å². The Hall–Kier alpha value is -2.96. The van der Waals surface area contributed by atoms with Gasteiger partial charge >= 0.3 is 6.03 Å². The summed E-state index contributed by atoms with van der Waals surface area (Å²) in [5.41, 5.74) is 1.55. The van der Waals surface area contributed by atoms with Gasteiger partial charge in [-0.3, -0.25) is 0 Å². The van der Waals surface area contributed by atoms with Crippen molar-refractivity contribution in [3.8, 4) is 17.2 Å². The molecule has 3 rings (SSSR count). The first-order valence-corrected chi connectivity index (χ1v) is 7.97. The number of hydrogen-bond donors (Lipinski definition) is 2. The molecular weight excluding hydrogens is 327 g/mol. The fourth-order valence-corrected chi connectivity index (χ4v) is 2.40. The lowest BCUT2D eigenvalue weighted by Crippen LogP contribution is -2.34. The third-order valence-corrected chi connectivity index (χ3v) is 3.64. The number of carbonyl (C=O) groups is 1. The first kappa shape index (κ1) is 16.9. The average molecular weight is 346 g/mol. The maximum Gasteiger partial charge on any atom is 0.315 e. The number of nitrogens with one attached hydrogen (secondary N) is 2. The highest BCUT2D eigenvalue weighted by molar-refractivity contribution is 5.73. The summed E-state index contributed by atoms with van der Waals surface area (Å²) < 4.78 is 29.4. The van der Waals surface area contributed by atoms with Gasteiger partial charge in [-0.15, -0.1) is 0 Å². The number of rotatable bonds is 6. The number of hydrogen-bond acceptors (Lipinski definition) is 4. The highest BCUT2D eigenvalue weighted by Crippen LogP contribution is 2.32. The van der Waals surface area contributed by atoms with Gasteiger partial charge in [0.1, 0.15) is 0 Å². The molecule has 0 aliphatic carbocycles. The average Bonchev–Trinajstić information content (AvgIpc) is 3.08. The summed E-state index contributed by atoms with van der Waals surface area (Å²) in [6.45, 7) is 2.97. The molecule has 0 aromatic heterocycles. The predicted octanol–water partition coefficient (Wildman–Crippen LogP) is 2.95. The van der Waals surface area contributed by atoms with Gasteiger partial charge in [-0.05, 0) is 42.3 Å². The summed E-state index contributed by atoms with van der Waals surface area (Å²) in [5.74, 6) is 1.13. The van der Waals surface area contributed by atoms with E-state index in [4.69, 9.17) is 14.2 Å². The zero-order valence-corrected chi connectivity index (χ0v) is 13.8. The van der Waals surface area contributed by atoms with Crippen molar-refractivity contribution < 1.29 is 23.4 Å². The topological polar surface area (TPSA) is 68.8 Å². The molecule has 132 valence electrons. The molecule has 25 heavy (non-hydrogen) atoms. The van der Waals surface area contributed by atoms with Crippen molar-refractivity contribution in [3.05, 3.63) is 53.3 Å². The smallest absolute Gasteiger partial charge is 0.315 e. The zero-order valence-electron chi connectivity index (χ0n) is 13.8. The quantitative estimate of drug-likeness (QED) is 0.844. The fraction of sp³-hybridized carbons (Fsp3) is 0.278. The Morgan fingerprint density at radius 1 is 1.08 bits per heavy atom. The first-order valence-electron chi connectivity index (χ1n) is 7.97. The molecule has 2 N–H and O–H groups in total. The largest absolute Gasteiger partial charge is 0.491 e. The van der Waals surface area contributed by atoms with Crippen LogP contribution < -0.4 is 24.8 Å². The monoisotopic (exact) mass is 346 g/mol. The summed E-state index contributed by atoms with van der Waals surface area (Å²) in [4.78, 5) is 11.9. The molecule has 0 spiro atoms. The van der Waals surface area contributed by atoms with Crippen LogP contribution in [0.25, 0.3) is 0 Å². The van der Waals surface area contributed by atoms with Gasteiger partial charge in [0.25, 0.3) is 0 Å². The molecule has 0 saturated carbocycles. The van der Waals surface area contributed by atoms with E-state index in [0.717, 1.165) is 5.56 Å². The van der Waals surface area contributed by atoms with Gasteiger partial charge in [-0.1, -0.05) is 12.1 Å². The van der Waals surface area contributed by atoms with Crippen LogP contribution in [0.3, 0.4) is 0 Å². The van der Waals surface area contributed by atoms with Crippen LogP contribution in [0, 0.1) is 5.82 Å². The van der Waals surface area contributed by atoms with E-state index < -0.39 is 5.82 Å². The lowest BCUT2D eigenvalue weighted by molar-refractivity contribution is 0.174. The highest BCUT2D eigenvalue weighted by atomic mass is 19.1. The maximum atomic E-state index is 13.8. The van der Waals surface area contributed by atoms with Crippen LogP contribution in [-0.2, 0) is 13.1 Å². The van der Waals surface area contributed by atoms with E-state index >= 15 is 0 Å². The second-order valence-corrected chi connectivity index (χ2v) is 5.42. The zero-order chi connectivity index (χ0) is 17.6. The van der Waals surface area contributed by atoms with Gasteiger partial charge in [0, 0.05) is 13.1 Å². The molecule has 2 amide bonds.